The molecule has 3 aromatic rings. The molecule has 0 saturated carbocycles. The van der Waals surface area contributed by atoms with E-state index in [1.54, 1.807) is 36.3 Å². The number of ether oxygens (including phenoxy) is 1. The van der Waals surface area contributed by atoms with Crippen molar-refractivity contribution in [3.8, 4) is 11.4 Å². The summed E-state index contributed by atoms with van der Waals surface area (Å²) in [4.78, 5) is 29.9. The fraction of sp³-hybridized carbons (Fsp3) is 0.308. The first-order chi connectivity index (χ1) is 15.9. The molecule has 172 valence electrons. The van der Waals surface area contributed by atoms with Crippen LogP contribution in [0.1, 0.15) is 32.1 Å². The van der Waals surface area contributed by atoms with Crippen molar-refractivity contribution in [2.45, 2.75) is 13.8 Å². The molecule has 1 aromatic heterocycles. The van der Waals surface area contributed by atoms with Crippen molar-refractivity contribution in [3.05, 3.63) is 82.9 Å². The van der Waals surface area contributed by atoms with E-state index < -0.39 is 0 Å². The smallest absolute Gasteiger partial charge is 0.257 e. The van der Waals surface area contributed by atoms with Gasteiger partial charge in [0.15, 0.2) is 5.78 Å². The summed E-state index contributed by atoms with van der Waals surface area (Å²) in [6.07, 6.45) is 0. The van der Waals surface area contributed by atoms with Gasteiger partial charge in [-0.2, -0.15) is 0 Å². The summed E-state index contributed by atoms with van der Waals surface area (Å²) in [6.45, 7) is 6.51. The van der Waals surface area contributed by atoms with Gasteiger partial charge in [0.1, 0.15) is 11.6 Å². The topological polar surface area (TPSA) is 54.8 Å². The maximum atomic E-state index is 13.3. The third-order valence-corrected chi connectivity index (χ3v) is 6.18. The molecule has 1 amide bonds. The third-order valence-electron chi connectivity index (χ3n) is 6.18. The summed E-state index contributed by atoms with van der Waals surface area (Å²) >= 11 is 0. The van der Waals surface area contributed by atoms with Crippen molar-refractivity contribution in [2.75, 3.05) is 39.8 Å². The first-order valence-electron chi connectivity index (χ1n) is 11.0. The van der Waals surface area contributed by atoms with Crippen LogP contribution in [-0.2, 0) is 0 Å². The molecule has 1 aliphatic heterocycles. The van der Waals surface area contributed by atoms with Crippen LogP contribution in [0.2, 0.25) is 0 Å². The maximum Gasteiger partial charge on any atom is 0.257 e. The normalized spacial score (nSPS) is 14.4. The minimum absolute atomic E-state index is 0.0426. The van der Waals surface area contributed by atoms with Crippen LogP contribution in [0.3, 0.4) is 0 Å². The van der Waals surface area contributed by atoms with Crippen molar-refractivity contribution in [2.24, 2.45) is 0 Å². The van der Waals surface area contributed by atoms with Crippen LogP contribution >= 0.6 is 0 Å². The number of Topliss-reactive ketones (excluding diaryl/α,β-unsaturated/α-hetero) is 1. The van der Waals surface area contributed by atoms with Gasteiger partial charge >= 0.3 is 0 Å². The molecule has 2 heterocycles. The van der Waals surface area contributed by atoms with E-state index in [0.29, 0.717) is 49.6 Å². The quantitative estimate of drug-likeness (QED) is 0.536. The number of benzene rings is 2. The van der Waals surface area contributed by atoms with Crippen LogP contribution in [0, 0.1) is 19.7 Å². The molecule has 0 atom stereocenters. The highest BCUT2D eigenvalue weighted by atomic mass is 19.1. The van der Waals surface area contributed by atoms with Gasteiger partial charge in [-0.05, 0) is 56.3 Å². The Kier molecular flexibility index (Phi) is 6.60. The number of piperazine rings is 1. The SMILES string of the molecule is COc1ccccc1C(=O)N1CCN(CC(=O)c2cc(C)n(-c3ccc(F)cc3)c2C)CC1. The standard InChI is InChI=1S/C26H28FN3O3/c1-18-16-23(19(2)30(18)21-10-8-20(27)9-11-21)24(31)17-28-12-14-29(15-13-28)26(32)22-6-4-5-7-25(22)33-3/h4-11,16H,12-15,17H2,1-3H3. The van der Waals surface area contributed by atoms with Crippen molar-refractivity contribution >= 4 is 11.7 Å². The molecule has 1 saturated heterocycles. The number of hydrogen-bond donors (Lipinski definition) is 0. The average Bonchev–Trinajstić information content (AvgIpc) is 3.13. The van der Waals surface area contributed by atoms with E-state index in [0.717, 1.165) is 17.1 Å². The van der Waals surface area contributed by atoms with E-state index in [1.165, 1.54) is 12.1 Å². The second kappa shape index (κ2) is 9.58. The Hall–Kier alpha value is -3.45. The summed E-state index contributed by atoms with van der Waals surface area (Å²) in [5.41, 5.74) is 3.82. The molecule has 7 heteroatoms. The van der Waals surface area contributed by atoms with E-state index in [9.17, 15) is 14.0 Å². The lowest BCUT2D eigenvalue weighted by molar-refractivity contribution is 0.0621. The largest absolute Gasteiger partial charge is 0.496 e. The second-order valence-electron chi connectivity index (χ2n) is 8.29. The Morgan fingerprint density at radius 1 is 0.939 bits per heavy atom. The molecule has 1 aliphatic rings. The Morgan fingerprint density at radius 2 is 1.61 bits per heavy atom. The number of ketones is 1. The molecule has 2 aromatic carbocycles. The van der Waals surface area contributed by atoms with Crippen LogP contribution in [0.25, 0.3) is 5.69 Å². The monoisotopic (exact) mass is 449 g/mol. The molecule has 0 radical (unpaired) electrons. The van der Waals surface area contributed by atoms with Gasteiger partial charge in [-0.1, -0.05) is 12.1 Å². The molecule has 6 nitrogen and oxygen atoms in total. The summed E-state index contributed by atoms with van der Waals surface area (Å²) in [6, 6.07) is 15.4. The number of carbonyl (C=O) groups is 2. The minimum Gasteiger partial charge on any atom is -0.496 e. The molecule has 33 heavy (non-hydrogen) atoms. The lowest BCUT2D eigenvalue weighted by Crippen LogP contribution is -2.50. The van der Waals surface area contributed by atoms with Crippen LogP contribution in [0.5, 0.6) is 5.75 Å². The van der Waals surface area contributed by atoms with E-state index in [2.05, 4.69) is 4.90 Å². The van der Waals surface area contributed by atoms with E-state index in [1.807, 2.05) is 36.6 Å². The lowest BCUT2D eigenvalue weighted by Gasteiger charge is -2.34. The van der Waals surface area contributed by atoms with E-state index >= 15 is 0 Å². The fourth-order valence-corrected chi connectivity index (χ4v) is 4.42. The molecule has 0 bridgehead atoms. The Bertz CT molecular complexity index is 1160. The lowest BCUT2D eigenvalue weighted by atomic mass is 10.1. The van der Waals surface area contributed by atoms with Crippen molar-refractivity contribution in [3.63, 3.8) is 0 Å². The van der Waals surface area contributed by atoms with Crippen molar-refractivity contribution < 1.29 is 18.7 Å². The van der Waals surface area contributed by atoms with Gasteiger partial charge in [-0.25, -0.2) is 4.39 Å². The number of amides is 1. The molecule has 0 aliphatic carbocycles. The first-order valence-corrected chi connectivity index (χ1v) is 11.0. The Morgan fingerprint density at radius 3 is 2.27 bits per heavy atom. The number of carbonyl (C=O) groups excluding carboxylic acids is 2. The number of rotatable bonds is 6. The third kappa shape index (κ3) is 4.68. The van der Waals surface area contributed by atoms with Crippen LogP contribution in [0.4, 0.5) is 4.39 Å². The van der Waals surface area contributed by atoms with E-state index in [-0.39, 0.29) is 17.5 Å². The van der Waals surface area contributed by atoms with Crippen molar-refractivity contribution in [1.29, 1.82) is 0 Å². The average molecular weight is 450 g/mol. The van der Waals surface area contributed by atoms with Crippen LogP contribution < -0.4 is 4.74 Å². The zero-order valence-corrected chi connectivity index (χ0v) is 19.2. The summed E-state index contributed by atoms with van der Waals surface area (Å²) < 4.78 is 20.6. The summed E-state index contributed by atoms with van der Waals surface area (Å²) in [5, 5.41) is 0. The molecule has 1 fully saturated rings. The van der Waals surface area contributed by atoms with Gasteiger partial charge in [-0.3, -0.25) is 14.5 Å². The number of para-hydroxylation sites is 1. The first kappa shape index (κ1) is 22.7. The van der Waals surface area contributed by atoms with Crippen molar-refractivity contribution in [1.82, 2.24) is 14.4 Å². The fourth-order valence-electron chi connectivity index (χ4n) is 4.42. The van der Waals surface area contributed by atoms with Gasteiger partial charge in [0.05, 0.1) is 19.2 Å². The Labute approximate surface area is 193 Å². The van der Waals surface area contributed by atoms with Crippen LogP contribution in [0.15, 0.2) is 54.6 Å². The van der Waals surface area contributed by atoms with Gasteiger partial charge in [-0.15, -0.1) is 0 Å². The molecule has 0 N–H and O–H groups in total. The number of halogens is 1. The summed E-state index contributed by atoms with van der Waals surface area (Å²) in [5.74, 6) is 0.264. The van der Waals surface area contributed by atoms with Gasteiger partial charge in [0, 0.05) is 48.8 Å². The predicted octanol–water partition coefficient (Wildman–Crippen LogP) is 3.88. The molecule has 0 spiro atoms. The van der Waals surface area contributed by atoms with Gasteiger partial charge < -0.3 is 14.2 Å². The second-order valence-corrected chi connectivity index (χ2v) is 8.29. The molecule has 4 rings (SSSR count). The number of aromatic nitrogens is 1. The highest BCUT2D eigenvalue weighted by Crippen LogP contribution is 2.23. The predicted molar refractivity (Wildman–Crippen MR) is 125 cm³/mol. The molecule has 0 unspecified atom stereocenters. The highest BCUT2D eigenvalue weighted by molar-refractivity contribution is 5.99. The minimum atomic E-state index is -0.291. The zero-order valence-electron chi connectivity index (χ0n) is 19.2. The summed E-state index contributed by atoms with van der Waals surface area (Å²) in [7, 11) is 1.56. The maximum absolute atomic E-state index is 13.3. The number of aryl methyl sites for hydroxylation is 1. The molecular formula is C26H28FN3O3. The Balaban J connectivity index is 1.40. The zero-order chi connectivity index (χ0) is 23.5. The number of nitrogens with zero attached hydrogens (tertiary/aromatic N) is 3. The number of hydrogen-bond acceptors (Lipinski definition) is 4. The molecular weight excluding hydrogens is 421 g/mol. The number of methoxy groups -OCH3 is 1. The highest BCUT2D eigenvalue weighted by Gasteiger charge is 2.26. The van der Waals surface area contributed by atoms with Gasteiger partial charge in [0.25, 0.3) is 5.91 Å². The van der Waals surface area contributed by atoms with Crippen LogP contribution in [-0.4, -0.2) is 65.9 Å². The van der Waals surface area contributed by atoms with E-state index in [4.69, 9.17) is 4.74 Å². The van der Waals surface area contributed by atoms with Gasteiger partial charge in [0.2, 0.25) is 0 Å².